The van der Waals surface area contributed by atoms with Crippen molar-refractivity contribution in [3.8, 4) is 0 Å². The number of esters is 1. The van der Waals surface area contributed by atoms with Gasteiger partial charge in [0.05, 0.1) is 7.11 Å². The molecule has 1 spiro atoms. The van der Waals surface area contributed by atoms with Crippen LogP contribution in [-0.2, 0) is 20.4 Å². The van der Waals surface area contributed by atoms with Gasteiger partial charge in [0.15, 0.2) is 0 Å². The average Bonchev–Trinajstić information content (AvgIpc) is 3.65. The Labute approximate surface area is 280 Å². The van der Waals surface area contributed by atoms with Gasteiger partial charge in [0.2, 0.25) is 0 Å². The Balaban J connectivity index is 1.48. The van der Waals surface area contributed by atoms with Gasteiger partial charge in [-0.3, -0.25) is 4.79 Å². The van der Waals surface area contributed by atoms with Gasteiger partial charge in [0.1, 0.15) is 0 Å². The van der Waals surface area contributed by atoms with Gasteiger partial charge in [0.25, 0.3) is 0 Å². The van der Waals surface area contributed by atoms with E-state index in [0.29, 0.717) is 6.42 Å². The third-order valence-corrected chi connectivity index (χ3v) is 12.7. The van der Waals surface area contributed by atoms with Crippen molar-refractivity contribution in [2.24, 2.45) is 5.92 Å². The van der Waals surface area contributed by atoms with E-state index in [9.17, 15) is 4.79 Å². The van der Waals surface area contributed by atoms with Crippen LogP contribution in [0.3, 0.4) is 0 Å². The Bertz CT molecular complexity index is 1950. The molecule has 3 unspecified atom stereocenters. The maximum atomic E-state index is 12.4. The quantitative estimate of drug-likeness (QED) is 0.312. The summed E-state index contributed by atoms with van der Waals surface area (Å²) in [6.45, 7) is 19.5. The lowest BCUT2D eigenvalue weighted by Gasteiger charge is -2.48. The minimum absolute atomic E-state index is 0.133. The fourth-order valence-electron chi connectivity index (χ4n) is 10.9. The lowest BCUT2D eigenvalue weighted by molar-refractivity contribution is -0.140. The topological polar surface area (TPSA) is 26.3 Å². The molecule has 0 amide bonds. The number of benzene rings is 2. The van der Waals surface area contributed by atoms with E-state index in [4.69, 9.17) is 24.5 Å². The first-order valence-corrected chi connectivity index (χ1v) is 17.7. The number of hydrogen-bond donors (Lipinski definition) is 0. The van der Waals surface area contributed by atoms with Crippen LogP contribution in [0.2, 0.25) is 0 Å². The fourth-order valence-corrected chi connectivity index (χ4v) is 10.9. The number of carbonyl (C=O) groups is 1. The molecular weight excluding hydrogens is 572 g/mol. The van der Waals surface area contributed by atoms with E-state index in [2.05, 4.69) is 74.6 Å². The Hall–Kier alpha value is -4.17. The summed E-state index contributed by atoms with van der Waals surface area (Å²) in [5.74, 6) is 0.0580. The molecule has 2 aromatic carbocycles. The summed E-state index contributed by atoms with van der Waals surface area (Å²) < 4.78 is 5.10. The van der Waals surface area contributed by atoms with Gasteiger partial charge in [-0.05, 0) is 150 Å². The number of hydrogen-bond acceptors (Lipinski definition) is 2. The molecule has 1 fully saturated rings. The highest BCUT2D eigenvalue weighted by molar-refractivity contribution is 6.16. The molecule has 1 saturated carbocycles. The first-order valence-electron chi connectivity index (χ1n) is 17.7. The normalized spacial score (nSPS) is 31.1. The zero-order valence-electron chi connectivity index (χ0n) is 28.4. The Morgan fingerprint density at radius 3 is 2.49 bits per heavy atom. The van der Waals surface area contributed by atoms with Crippen molar-refractivity contribution in [3.63, 3.8) is 0 Å². The van der Waals surface area contributed by atoms with Crippen molar-refractivity contribution in [1.82, 2.24) is 0 Å². The second-order valence-electron chi connectivity index (χ2n) is 14.7. The summed E-state index contributed by atoms with van der Waals surface area (Å²) in [5.41, 5.74) is 19.9. The minimum atomic E-state index is -0.245. The predicted molar refractivity (Wildman–Crippen MR) is 196 cm³/mol. The molecule has 0 aliphatic heterocycles. The van der Waals surface area contributed by atoms with E-state index < -0.39 is 0 Å². The Morgan fingerprint density at radius 2 is 1.70 bits per heavy atom. The first-order chi connectivity index (χ1) is 22.8. The highest BCUT2D eigenvalue weighted by Crippen LogP contribution is 2.75. The predicted octanol–water partition coefficient (Wildman–Crippen LogP) is 11.1. The molecule has 0 saturated heterocycles. The molecule has 3 atom stereocenters. The molecule has 4 bridgehead atoms. The number of carbonyl (C=O) groups excluding carboxylic acids is 1. The lowest BCUT2D eigenvalue weighted by atomic mass is 9.54. The summed E-state index contributed by atoms with van der Waals surface area (Å²) in [7, 11) is 1.50. The summed E-state index contributed by atoms with van der Waals surface area (Å²) >= 11 is 0. The highest BCUT2D eigenvalue weighted by Gasteiger charge is 2.66. The fraction of sp³-hybridized carbons (Fsp3) is 0.356. The van der Waals surface area contributed by atoms with Gasteiger partial charge in [-0.2, -0.15) is 0 Å². The van der Waals surface area contributed by atoms with E-state index in [0.717, 1.165) is 63.4 Å². The second-order valence-corrected chi connectivity index (χ2v) is 14.7. The molecule has 0 aromatic heterocycles. The van der Waals surface area contributed by atoms with Gasteiger partial charge < -0.3 is 4.74 Å². The Morgan fingerprint density at radius 1 is 0.915 bits per heavy atom. The number of allylic oxidation sites excluding steroid dienone is 13. The van der Waals surface area contributed by atoms with Crippen LogP contribution in [0.15, 0.2) is 103 Å². The van der Waals surface area contributed by atoms with E-state index >= 15 is 0 Å². The molecule has 238 valence electrons. The average molecular weight is 619 g/mol. The molecule has 6 aliphatic carbocycles. The molecular formula is C45H46O2. The molecule has 2 aromatic rings. The van der Waals surface area contributed by atoms with Crippen molar-refractivity contribution in [2.45, 2.75) is 88.9 Å². The number of fused-ring (bicyclic) bond motifs is 6. The van der Waals surface area contributed by atoms with Crippen LogP contribution in [0.5, 0.6) is 0 Å². The second kappa shape index (κ2) is 10.9. The standard InChI is InChI=1S/C45H46O2/c1-27-31(5)45-26-25-44(24-16-21-35(46)47-6,34-19-14-11-15-20-34)43(45)30(4)36-28(2)37-32-17-12-9-7-8-10-13-18-33(23-22-32)38-29(3)39(37)41(36)42(45)40(27)38/h10-15,17-20,43H,1-2,5,7-9,16,21-26H2,3-4,6H3/b13-10-,17-12-,33-18-,37-32-. The highest BCUT2D eigenvalue weighted by atomic mass is 16.5. The molecule has 0 N–H and O–H groups in total. The lowest BCUT2D eigenvalue weighted by Crippen LogP contribution is -2.44. The summed E-state index contributed by atoms with van der Waals surface area (Å²) in [6, 6.07) is 11.1. The van der Waals surface area contributed by atoms with Gasteiger partial charge in [-0.25, -0.2) is 0 Å². The third-order valence-electron chi connectivity index (χ3n) is 12.7. The molecule has 47 heavy (non-hydrogen) atoms. The third kappa shape index (κ3) is 3.94. The van der Waals surface area contributed by atoms with Crippen molar-refractivity contribution in [3.05, 3.63) is 142 Å². The van der Waals surface area contributed by atoms with Crippen LogP contribution in [0, 0.1) is 12.8 Å². The van der Waals surface area contributed by atoms with Crippen molar-refractivity contribution < 1.29 is 9.53 Å². The largest absolute Gasteiger partial charge is 0.469 e. The van der Waals surface area contributed by atoms with Crippen LogP contribution in [0.4, 0.5) is 0 Å². The SMILES string of the molecule is C=C1C2=C(C)C3C(CCCC(=O)OC)(c4ccccc4)CCC34C(=C)C(=C)c3c5c(C)c(c2c34)/C1=C1/C=C\CCC/C=C\C=C/5CC1. The van der Waals surface area contributed by atoms with E-state index in [1.54, 1.807) is 0 Å². The summed E-state index contributed by atoms with van der Waals surface area (Å²) in [5, 5.41) is 0. The van der Waals surface area contributed by atoms with E-state index in [1.165, 1.54) is 85.1 Å². The van der Waals surface area contributed by atoms with E-state index in [-0.39, 0.29) is 22.7 Å². The molecule has 8 rings (SSSR count). The van der Waals surface area contributed by atoms with Gasteiger partial charge in [0, 0.05) is 23.2 Å². The van der Waals surface area contributed by atoms with Crippen LogP contribution in [0.1, 0.15) is 110 Å². The molecule has 0 radical (unpaired) electrons. The molecule has 2 nitrogen and oxygen atoms in total. The molecule has 6 aliphatic rings. The maximum absolute atomic E-state index is 12.4. The first kappa shape index (κ1) is 30.2. The van der Waals surface area contributed by atoms with Crippen molar-refractivity contribution in [1.29, 1.82) is 0 Å². The zero-order valence-corrected chi connectivity index (χ0v) is 28.4. The van der Waals surface area contributed by atoms with Crippen molar-refractivity contribution in [2.75, 3.05) is 7.11 Å². The minimum Gasteiger partial charge on any atom is -0.469 e. The number of rotatable bonds is 5. The van der Waals surface area contributed by atoms with Crippen LogP contribution >= 0.6 is 0 Å². The van der Waals surface area contributed by atoms with E-state index in [1.807, 2.05) is 0 Å². The van der Waals surface area contributed by atoms with Gasteiger partial charge >= 0.3 is 5.97 Å². The van der Waals surface area contributed by atoms with Crippen LogP contribution in [0.25, 0.3) is 22.3 Å². The summed E-state index contributed by atoms with van der Waals surface area (Å²) in [4.78, 5) is 12.4. The zero-order chi connectivity index (χ0) is 32.7. The Kier molecular flexibility index (Phi) is 7.03. The smallest absolute Gasteiger partial charge is 0.305 e. The monoisotopic (exact) mass is 618 g/mol. The van der Waals surface area contributed by atoms with Gasteiger partial charge in [-0.1, -0.05) is 86.0 Å². The molecule has 0 heterocycles. The maximum Gasteiger partial charge on any atom is 0.305 e. The molecule has 2 heteroatoms. The van der Waals surface area contributed by atoms with Crippen LogP contribution in [-0.4, -0.2) is 13.1 Å². The van der Waals surface area contributed by atoms with Crippen molar-refractivity contribution >= 4 is 28.3 Å². The summed E-state index contributed by atoms with van der Waals surface area (Å²) in [6.07, 6.45) is 21.4. The van der Waals surface area contributed by atoms with Gasteiger partial charge in [-0.15, -0.1) is 0 Å². The number of ether oxygens (including phenoxy) is 1. The number of methoxy groups -OCH3 is 1. The van der Waals surface area contributed by atoms with Crippen LogP contribution < -0.4 is 0 Å².